The van der Waals surface area contributed by atoms with E-state index in [1.165, 1.54) is 0 Å². The molecule has 106 valence electrons. The second-order valence-corrected chi connectivity index (χ2v) is 8.49. The van der Waals surface area contributed by atoms with Crippen molar-refractivity contribution in [3.05, 3.63) is 0 Å². The van der Waals surface area contributed by atoms with E-state index in [4.69, 9.17) is 4.74 Å². The van der Waals surface area contributed by atoms with Crippen LogP contribution in [-0.4, -0.2) is 44.7 Å². The van der Waals surface area contributed by atoms with Gasteiger partial charge in [-0.25, -0.2) is 8.42 Å². The fraction of sp³-hybridized carbons (Fsp3) is 1.00. The Labute approximate surface area is 110 Å². The van der Waals surface area contributed by atoms with Crippen LogP contribution in [0.25, 0.3) is 0 Å². The first kappa shape index (κ1) is 14.3. The zero-order valence-corrected chi connectivity index (χ0v) is 12.4. The summed E-state index contributed by atoms with van der Waals surface area (Å²) in [5, 5.41) is 3.27. The van der Waals surface area contributed by atoms with Crippen LogP contribution >= 0.6 is 0 Å². The summed E-state index contributed by atoms with van der Waals surface area (Å²) >= 11 is 0. The Morgan fingerprint density at radius 2 is 2.11 bits per heavy atom. The molecule has 4 nitrogen and oxygen atoms in total. The number of rotatable bonds is 5. The maximum Gasteiger partial charge on any atom is 0.154 e. The fourth-order valence-electron chi connectivity index (χ4n) is 3.08. The van der Waals surface area contributed by atoms with E-state index in [0.29, 0.717) is 24.4 Å². The van der Waals surface area contributed by atoms with Crippen molar-refractivity contribution in [2.75, 3.05) is 18.9 Å². The van der Waals surface area contributed by atoms with Crippen molar-refractivity contribution in [1.82, 2.24) is 5.32 Å². The van der Waals surface area contributed by atoms with Crippen molar-refractivity contribution < 1.29 is 13.2 Å². The highest BCUT2D eigenvalue weighted by molar-refractivity contribution is 7.92. The molecule has 0 radical (unpaired) electrons. The minimum Gasteiger partial charge on any atom is -0.378 e. The van der Waals surface area contributed by atoms with Gasteiger partial charge in [0.05, 0.1) is 17.1 Å². The van der Waals surface area contributed by atoms with Crippen molar-refractivity contribution in [1.29, 1.82) is 0 Å². The summed E-state index contributed by atoms with van der Waals surface area (Å²) in [5.41, 5.74) is 0.110. The lowest BCUT2D eigenvalue weighted by Crippen LogP contribution is -2.61. The van der Waals surface area contributed by atoms with Crippen LogP contribution in [0, 0.1) is 5.41 Å². The summed E-state index contributed by atoms with van der Waals surface area (Å²) in [4.78, 5) is 0. The highest BCUT2D eigenvalue weighted by Gasteiger charge is 2.49. The van der Waals surface area contributed by atoms with Gasteiger partial charge in [0.2, 0.25) is 0 Å². The quantitative estimate of drug-likeness (QED) is 0.823. The van der Waals surface area contributed by atoms with E-state index in [2.05, 4.69) is 19.2 Å². The third kappa shape index (κ3) is 2.58. The lowest BCUT2D eigenvalue weighted by molar-refractivity contribution is -0.113. The maximum absolute atomic E-state index is 11.7. The molecule has 2 rings (SSSR count). The SMILES string of the molecule is CCOC1CC(NCC2CCCS2(=O)=O)C1(C)C. The van der Waals surface area contributed by atoms with Gasteiger partial charge in [0.15, 0.2) is 9.84 Å². The minimum atomic E-state index is -2.82. The molecule has 0 spiro atoms. The molecular formula is C13H25NO3S. The van der Waals surface area contributed by atoms with Crippen molar-refractivity contribution in [2.24, 2.45) is 5.41 Å². The monoisotopic (exact) mass is 275 g/mol. The smallest absolute Gasteiger partial charge is 0.154 e. The Hall–Kier alpha value is -0.130. The molecule has 1 heterocycles. The van der Waals surface area contributed by atoms with Gasteiger partial charge in [-0.2, -0.15) is 0 Å². The zero-order valence-electron chi connectivity index (χ0n) is 11.6. The molecule has 1 saturated heterocycles. The number of hydrogen-bond donors (Lipinski definition) is 1. The molecule has 1 aliphatic carbocycles. The third-order valence-electron chi connectivity index (χ3n) is 4.60. The predicted molar refractivity (Wildman–Crippen MR) is 72.4 cm³/mol. The van der Waals surface area contributed by atoms with E-state index < -0.39 is 9.84 Å². The van der Waals surface area contributed by atoms with Gasteiger partial charge in [0.25, 0.3) is 0 Å². The molecule has 3 atom stereocenters. The second-order valence-electron chi connectivity index (χ2n) is 6.09. The Morgan fingerprint density at radius 3 is 2.61 bits per heavy atom. The summed E-state index contributed by atoms with van der Waals surface area (Å²) in [6.45, 7) is 7.75. The van der Waals surface area contributed by atoms with Gasteiger partial charge in [0.1, 0.15) is 0 Å². The number of nitrogens with one attached hydrogen (secondary N) is 1. The van der Waals surface area contributed by atoms with Crippen LogP contribution in [0.15, 0.2) is 0 Å². The van der Waals surface area contributed by atoms with Crippen molar-refractivity contribution in [2.45, 2.75) is 57.4 Å². The first-order chi connectivity index (χ1) is 8.38. The summed E-state index contributed by atoms with van der Waals surface area (Å²) < 4.78 is 29.2. The lowest BCUT2D eigenvalue weighted by atomic mass is 9.64. The summed E-state index contributed by atoms with van der Waals surface area (Å²) in [6, 6.07) is 0.379. The molecule has 0 aromatic heterocycles. The molecule has 1 N–H and O–H groups in total. The summed E-state index contributed by atoms with van der Waals surface area (Å²) in [7, 11) is -2.82. The average molecular weight is 275 g/mol. The first-order valence-corrected chi connectivity index (χ1v) is 8.66. The molecule has 2 aliphatic rings. The van der Waals surface area contributed by atoms with Crippen molar-refractivity contribution >= 4 is 9.84 Å². The zero-order chi connectivity index (χ0) is 13.4. The van der Waals surface area contributed by atoms with E-state index in [1.807, 2.05) is 6.92 Å². The van der Waals surface area contributed by atoms with Crippen LogP contribution in [0.1, 0.15) is 40.0 Å². The predicted octanol–water partition coefficient (Wildman–Crippen LogP) is 1.36. The number of sulfone groups is 1. The Balaban J connectivity index is 1.82. The fourth-order valence-corrected chi connectivity index (χ4v) is 4.86. The van der Waals surface area contributed by atoms with Gasteiger partial charge >= 0.3 is 0 Å². The molecule has 1 saturated carbocycles. The van der Waals surface area contributed by atoms with Crippen LogP contribution in [0.4, 0.5) is 0 Å². The van der Waals surface area contributed by atoms with E-state index in [9.17, 15) is 8.42 Å². The lowest BCUT2D eigenvalue weighted by Gasteiger charge is -2.52. The Morgan fingerprint density at radius 1 is 1.39 bits per heavy atom. The molecule has 0 aromatic rings. The highest BCUT2D eigenvalue weighted by atomic mass is 32.2. The van der Waals surface area contributed by atoms with Crippen molar-refractivity contribution in [3.63, 3.8) is 0 Å². The van der Waals surface area contributed by atoms with Crippen molar-refractivity contribution in [3.8, 4) is 0 Å². The standard InChI is InChI=1S/C13H25NO3S/c1-4-17-12-8-11(13(12,2)3)14-9-10-6-5-7-18(10,15)16/h10-12,14H,4-9H2,1-3H3. The van der Waals surface area contributed by atoms with Gasteiger partial charge in [0, 0.05) is 24.6 Å². The van der Waals surface area contributed by atoms with Crippen LogP contribution < -0.4 is 5.32 Å². The molecule has 0 amide bonds. The third-order valence-corrected chi connectivity index (χ3v) is 6.88. The highest BCUT2D eigenvalue weighted by Crippen LogP contribution is 2.42. The van der Waals surface area contributed by atoms with Crippen LogP contribution in [0.3, 0.4) is 0 Å². The molecule has 0 aromatic carbocycles. The van der Waals surface area contributed by atoms with Gasteiger partial charge < -0.3 is 10.1 Å². The molecule has 2 fully saturated rings. The van der Waals surface area contributed by atoms with E-state index in [-0.39, 0.29) is 10.7 Å². The normalized spacial score (nSPS) is 37.4. The van der Waals surface area contributed by atoms with Gasteiger partial charge in [-0.3, -0.25) is 0 Å². The van der Waals surface area contributed by atoms with Gasteiger partial charge in [-0.1, -0.05) is 13.8 Å². The van der Waals surface area contributed by atoms with E-state index in [0.717, 1.165) is 25.9 Å². The Kier molecular flexibility index (Phi) is 4.04. The maximum atomic E-state index is 11.7. The minimum absolute atomic E-state index is 0.110. The number of hydrogen-bond acceptors (Lipinski definition) is 4. The largest absolute Gasteiger partial charge is 0.378 e. The van der Waals surface area contributed by atoms with E-state index in [1.54, 1.807) is 0 Å². The molecule has 1 aliphatic heterocycles. The van der Waals surface area contributed by atoms with E-state index >= 15 is 0 Å². The average Bonchev–Trinajstić information content (AvgIpc) is 2.62. The summed E-state index contributed by atoms with van der Waals surface area (Å²) in [5.74, 6) is 0.370. The van der Waals surface area contributed by atoms with Gasteiger partial charge in [-0.05, 0) is 26.2 Å². The molecule has 5 heteroatoms. The molecule has 3 unspecified atom stereocenters. The molecule has 18 heavy (non-hydrogen) atoms. The molecule has 0 bridgehead atoms. The van der Waals surface area contributed by atoms with Crippen LogP contribution in [0.5, 0.6) is 0 Å². The van der Waals surface area contributed by atoms with Gasteiger partial charge in [-0.15, -0.1) is 0 Å². The van der Waals surface area contributed by atoms with Crippen LogP contribution in [0.2, 0.25) is 0 Å². The number of ether oxygens (including phenoxy) is 1. The van der Waals surface area contributed by atoms with Crippen LogP contribution in [-0.2, 0) is 14.6 Å². The topological polar surface area (TPSA) is 55.4 Å². The Bertz CT molecular complexity index is 391. The first-order valence-electron chi connectivity index (χ1n) is 6.94. The second kappa shape index (κ2) is 5.10. The summed E-state index contributed by atoms with van der Waals surface area (Å²) in [6.07, 6.45) is 2.94. The molecular weight excluding hydrogens is 250 g/mol.